The molecule has 1 aliphatic carbocycles. The molecule has 0 radical (unpaired) electrons. The molecule has 0 aromatic heterocycles. The summed E-state index contributed by atoms with van der Waals surface area (Å²) in [6.45, 7) is 2.11. The first-order chi connectivity index (χ1) is 19.4. The SMILES string of the molecule is CCCCCC(=O)CC[C@H]1[C@@H](CCCCC(=O)OC)[C@H](OC(=O)c2ccccc2)C[C@@H]1OC(=O)c1ccccc1. The van der Waals surface area contributed by atoms with Crippen LogP contribution in [0.2, 0.25) is 0 Å². The summed E-state index contributed by atoms with van der Waals surface area (Å²) in [7, 11) is 1.37. The van der Waals surface area contributed by atoms with Gasteiger partial charge in [0.15, 0.2) is 0 Å². The summed E-state index contributed by atoms with van der Waals surface area (Å²) < 4.78 is 16.8. The highest BCUT2D eigenvalue weighted by molar-refractivity contribution is 5.90. The zero-order valence-corrected chi connectivity index (χ0v) is 23.7. The molecule has 1 saturated carbocycles. The van der Waals surface area contributed by atoms with E-state index in [0.29, 0.717) is 56.1 Å². The molecule has 0 spiro atoms. The van der Waals surface area contributed by atoms with Gasteiger partial charge in [0.2, 0.25) is 0 Å². The van der Waals surface area contributed by atoms with Crippen molar-refractivity contribution in [1.82, 2.24) is 0 Å². The fraction of sp³-hybridized carbons (Fsp3) is 0.515. The molecule has 0 amide bonds. The molecule has 0 aliphatic heterocycles. The summed E-state index contributed by atoms with van der Waals surface area (Å²) in [6.07, 6.45) is 6.20. The van der Waals surface area contributed by atoms with Gasteiger partial charge < -0.3 is 14.2 Å². The molecule has 40 heavy (non-hydrogen) atoms. The summed E-state index contributed by atoms with van der Waals surface area (Å²) in [5.74, 6) is -1.16. The van der Waals surface area contributed by atoms with Crippen LogP contribution >= 0.6 is 0 Å². The number of hydrogen-bond acceptors (Lipinski definition) is 7. The number of ether oxygens (including phenoxy) is 3. The van der Waals surface area contributed by atoms with E-state index in [1.165, 1.54) is 7.11 Å². The third kappa shape index (κ3) is 9.61. The van der Waals surface area contributed by atoms with E-state index < -0.39 is 24.1 Å². The highest BCUT2D eigenvalue weighted by atomic mass is 16.6. The Morgan fingerprint density at radius 3 is 1.73 bits per heavy atom. The predicted molar refractivity (Wildman–Crippen MR) is 152 cm³/mol. The Kier molecular flexibility index (Phi) is 12.9. The topological polar surface area (TPSA) is 96.0 Å². The lowest BCUT2D eigenvalue weighted by Gasteiger charge is -2.26. The number of carbonyl (C=O) groups is 4. The van der Waals surface area contributed by atoms with Crippen molar-refractivity contribution in [2.24, 2.45) is 11.8 Å². The molecule has 216 valence electrons. The summed E-state index contributed by atoms with van der Waals surface area (Å²) in [4.78, 5) is 50.4. The lowest BCUT2D eigenvalue weighted by Crippen LogP contribution is -2.28. The van der Waals surface area contributed by atoms with Crippen molar-refractivity contribution in [2.75, 3.05) is 7.11 Å². The van der Waals surface area contributed by atoms with Gasteiger partial charge in [-0.3, -0.25) is 9.59 Å². The largest absolute Gasteiger partial charge is 0.469 e. The van der Waals surface area contributed by atoms with Gasteiger partial charge in [-0.25, -0.2) is 9.59 Å². The van der Waals surface area contributed by atoms with Crippen molar-refractivity contribution in [1.29, 1.82) is 0 Å². The number of ketones is 1. The molecule has 7 heteroatoms. The van der Waals surface area contributed by atoms with E-state index in [4.69, 9.17) is 14.2 Å². The molecule has 2 aromatic rings. The van der Waals surface area contributed by atoms with Crippen molar-refractivity contribution in [3.8, 4) is 0 Å². The predicted octanol–water partition coefficient (Wildman–Crippen LogP) is 6.74. The normalized spacial score (nSPS) is 20.1. The number of esters is 3. The minimum Gasteiger partial charge on any atom is -0.469 e. The smallest absolute Gasteiger partial charge is 0.338 e. The highest BCUT2D eigenvalue weighted by Crippen LogP contribution is 2.43. The number of carbonyl (C=O) groups excluding carboxylic acids is 4. The van der Waals surface area contributed by atoms with Gasteiger partial charge in [-0.1, -0.05) is 62.6 Å². The van der Waals surface area contributed by atoms with Crippen LogP contribution in [0.15, 0.2) is 60.7 Å². The quantitative estimate of drug-likeness (QED) is 0.130. The lowest BCUT2D eigenvalue weighted by molar-refractivity contribution is -0.140. The number of hydrogen-bond donors (Lipinski definition) is 0. The Hall–Kier alpha value is -3.48. The molecular formula is C33H42O7. The Morgan fingerprint density at radius 2 is 1.20 bits per heavy atom. The third-order valence-electron chi connectivity index (χ3n) is 7.72. The van der Waals surface area contributed by atoms with Gasteiger partial charge in [0.25, 0.3) is 0 Å². The second kappa shape index (κ2) is 16.6. The maximum absolute atomic E-state index is 13.0. The zero-order valence-electron chi connectivity index (χ0n) is 23.7. The molecule has 4 atom stereocenters. The number of rotatable bonds is 16. The Labute approximate surface area is 237 Å². The second-order valence-corrected chi connectivity index (χ2v) is 10.5. The van der Waals surface area contributed by atoms with E-state index in [1.54, 1.807) is 48.5 Å². The van der Waals surface area contributed by atoms with E-state index in [-0.39, 0.29) is 23.6 Å². The van der Waals surface area contributed by atoms with Crippen LogP contribution < -0.4 is 0 Å². The summed E-state index contributed by atoms with van der Waals surface area (Å²) >= 11 is 0. The van der Waals surface area contributed by atoms with Gasteiger partial charge in [-0.15, -0.1) is 0 Å². The van der Waals surface area contributed by atoms with E-state index in [0.717, 1.165) is 25.7 Å². The van der Waals surface area contributed by atoms with Crippen LogP contribution in [0.1, 0.15) is 98.3 Å². The zero-order chi connectivity index (χ0) is 28.7. The van der Waals surface area contributed by atoms with Gasteiger partial charge in [-0.2, -0.15) is 0 Å². The van der Waals surface area contributed by atoms with Crippen LogP contribution in [0.25, 0.3) is 0 Å². The molecule has 7 nitrogen and oxygen atoms in total. The molecule has 3 rings (SSSR count). The highest BCUT2D eigenvalue weighted by Gasteiger charge is 2.46. The molecule has 0 bridgehead atoms. The van der Waals surface area contributed by atoms with Crippen molar-refractivity contribution in [2.45, 2.75) is 89.8 Å². The fourth-order valence-electron chi connectivity index (χ4n) is 5.54. The monoisotopic (exact) mass is 550 g/mol. The summed E-state index contributed by atoms with van der Waals surface area (Å²) in [6, 6.07) is 17.6. The molecule has 1 fully saturated rings. The van der Waals surface area contributed by atoms with Gasteiger partial charge in [0.05, 0.1) is 18.2 Å². The Morgan fingerprint density at radius 1 is 0.675 bits per heavy atom. The van der Waals surface area contributed by atoms with Crippen LogP contribution in [-0.4, -0.2) is 43.0 Å². The van der Waals surface area contributed by atoms with Crippen molar-refractivity contribution in [3.05, 3.63) is 71.8 Å². The number of Topliss-reactive ketones (excluding diaryl/α,β-unsaturated/α-hetero) is 1. The Balaban J connectivity index is 1.79. The molecule has 0 unspecified atom stereocenters. The van der Waals surface area contributed by atoms with Gasteiger partial charge in [0.1, 0.15) is 18.0 Å². The van der Waals surface area contributed by atoms with Gasteiger partial charge in [-0.05, 0) is 49.9 Å². The van der Waals surface area contributed by atoms with E-state index in [1.807, 2.05) is 12.1 Å². The number of methoxy groups -OCH3 is 1. The average molecular weight is 551 g/mol. The van der Waals surface area contributed by atoms with Crippen LogP contribution in [0.4, 0.5) is 0 Å². The minimum atomic E-state index is -0.490. The van der Waals surface area contributed by atoms with E-state index >= 15 is 0 Å². The van der Waals surface area contributed by atoms with Gasteiger partial charge >= 0.3 is 17.9 Å². The van der Waals surface area contributed by atoms with Crippen LogP contribution in [0.5, 0.6) is 0 Å². The molecule has 0 saturated heterocycles. The Bertz CT molecular complexity index is 1080. The average Bonchev–Trinajstić information content (AvgIpc) is 3.29. The second-order valence-electron chi connectivity index (χ2n) is 10.5. The van der Waals surface area contributed by atoms with Crippen molar-refractivity contribution < 1.29 is 33.4 Å². The van der Waals surface area contributed by atoms with Crippen molar-refractivity contribution >= 4 is 23.7 Å². The van der Waals surface area contributed by atoms with Crippen LogP contribution in [0.3, 0.4) is 0 Å². The standard InChI is InChI=1S/C33H42O7/c1-3-4-7-18-26(34)21-22-28-27(19-12-13-20-31(35)38-2)29(39-32(36)24-14-8-5-9-15-24)23-30(28)40-33(37)25-16-10-6-11-17-25/h5-6,8-11,14-17,27-30H,3-4,7,12-13,18-23H2,1-2H3/t27-,28+,29-,30+/m1/s1. The summed E-state index contributed by atoms with van der Waals surface area (Å²) in [5, 5.41) is 0. The first-order valence-corrected chi connectivity index (χ1v) is 14.5. The fourth-order valence-corrected chi connectivity index (χ4v) is 5.54. The number of unbranched alkanes of at least 4 members (excludes halogenated alkanes) is 3. The molecule has 0 N–H and O–H groups in total. The first kappa shape index (κ1) is 31.1. The van der Waals surface area contributed by atoms with Gasteiger partial charge in [0, 0.05) is 37.5 Å². The maximum atomic E-state index is 13.0. The third-order valence-corrected chi connectivity index (χ3v) is 7.72. The molecular weight excluding hydrogens is 508 g/mol. The molecule has 2 aromatic carbocycles. The van der Waals surface area contributed by atoms with Crippen molar-refractivity contribution in [3.63, 3.8) is 0 Å². The number of benzene rings is 2. The maximum Gasteiger partial charge on any atom is 0.338 e. The van der Waals surface area contributed by atoms with Crippen LogP contribution in [-0.2, 0) is 23.8 Å². The molecule has 0 heterocycles. The first-order valence-electron chi connectivity index (χ1n) is 14.5. The van der Waals surface area contributed by atoms with Crippen LogP contribution in [0, 0.1) is 11.8 Å². The lowest BCUT2D eigenvalue weighted by atomic mass is 9.84. The van der Waals surface area contributed by atoms with E-state index in [2.05, 4.69) is 6.92 Å². The summed E-state index contributed by atoms with van der Waals surface area (Å²) in [5.41, 5.74) is 0.913. The minimum absolute atomic E-state index is 0.109. The molecule has 1 aliphatic rings. The van der Waals surface area contributed by atoms with E-state index in [9.17, 15) is 19.2 Å².